The Morgan fingerprint density at radius 3 is 2.44 bits per heavy atom. The highest BCUT2D eigenvalue weighted by atomic mass is 32.1. The highest BCUT2D eigenvalue weighted by Gasteiger charge is 2.24. The number of rotatable bonds is 12. The molecule has 0 fully saturated rings. The summed E-state index contributed by atoms with van der Waals surface area (Å²) in [5.41, 5.74) is 2.67. The molecule has 0 aliphatic heterocycles. The zero-order valence-corrected chi connectivity index (χ0v) is 21.8. The van der Waals surface area contributed by atoms with Crippen molar-refractivity contribution in [2.45, 2.75) is 33.6 Å². The summed E-state index contributed by atoms with van der Waals surface area (Å²) >= 11 is 1.28. The molecule has 0 saturated carbocycles. The van der Waals surface area contributed by atoms with E-state index in [4.69, 9.17) is 9.84 Å². The van der Waals surface area contributed by atoms with Crippen molar-refractivity contribution in [2.24, 2.45) is 0 Å². The van der Waals surface area contributed by atoms with Gasteiger partial charge < -0.3 is 9.84 Å². The predicted octanol–water partition coefficient (Wildman–Crippen LogP) is 4.80. The maximum Gasteiger partial charge on any atom is 0.317 e. The maximum atomic E-state index is 14.3. The van der Waals surface area contributed by atoms with Gasteiger partial charge in [-0.2, -0.15) is 0 Å². The average molecular weight is 515 g/mol. The first-order valence-electron chi connectivity index (χ1n) is 11.8. The first-order valence-corrected chi connectivity index (χ1v) is 12.6. The Balaban J connectivity index is 1.79. The van der Waals surface area contributed by atoms with Crippen molar-refractivity contribution in [1.29, 1.82) is 0 Å². The van der Waals surface area contributed by atoms with Gasteiger partial charge in [-0.05, 0) is 62.7 Å². The fourth-order valence-corrected chi connectivity index (χ4v) is 4.59. The van der Waals surface area contributed by atoms with Crippen LogP contribution in [0.4, 0.5) is 9.52 Å². The van der Waals surface area contributed by atoms with Gasteiger partial charge in [0.1, 0.15) is 23.2 Å². The van der Waals surface area contributed by atoms with Crippen LogP contribution in [0.25, 0.3) is 10.6 Å². The third-order valence-corrected chi connectivity index (χ3v) is 6.56. The molecule has 0 bridgehead atoms. The number of carboxylic acid groups (broad SMARTS) is 1. The van der Waals surface area contributed by atoms with E-state index in [0.29, 0.717) is 29.8 Å². The largest absolute Gasteiger partial charge is 0.492 e. The highest BCUT2D eigenvalue weighted by molar-refractivity contribution is 7.18. The second kappa shape index (κ2) is 12.5. The molecule has 8 nitrogen and oxygen atoms in total. The van der Waals surface area contributed by atoms with E-state index in [2.05, 4.69) is 10.2 Å². The highest BCUT2D eigenvalue weighted by Crippen LogP contribution is 2.34. The van der Waals surface area contributed by atoms with Gasteiger partial charge in [0.05, 0.1) is 12.1 Å². The molecule has 3 rings (SSSR count). The topological polar surface area (TPSA) is 95.9 Å². The van der Waals surface area contributed by atoms with Gasteiger partial charge >= 0.3 is 5.97 Å². The van der Waals surface area contributed by atoms with E-state index >= 15 is 0 Å². The molecule has 0 saturated heterocycles. The molecule has 0 spiro atoms. The average Bonchev–Trinajstić information content (AvgIpc) is 3.30. The lowest BCUT2D eigenvalue weighted by atomic mass is 10.1. The first-order chi connectivity index (χ1) is 17.2. The number of aromatic nitrogens is 2. The van der Waals surface area contributed by atoms with Crippen molar-refractivity contribution >= 4 is 28.3 Å². The fourth-order valence-electron chi connectivity index (χ4n) is 3.74. The molecular weight excluding hydrogens is 483 g/mol. The van der Waals surface area contributed by atoms with Crippen LogP contribution in [0.5, 0.6) is 5.75 Å². The number of amides is 1. The van der Waals surface area contributed by atoms with Crippen molar-refractivity contribution in [1.82, 2.24) is 15.1 Å². The molecule has 10 heteroatoms. The van der Waals surface area contributed by atoms with Gasteiger partial charge in [-0.25, -0.2) is 4.39 Å². The molecule has 3 aromatic rings. The van der Waals surface area contributed by atoms with Crippen LogP contribution >= 0.6 is 11.3 Å². The van der Waals surface area contributed by atoms with E-state index in [-0.39, 0.29) is 12.1 Å². The van der Waals surface area contributed by atoms with E-state index in [0.717, 1.165) is 35.3 Å². The summed E-state index contributed by atoms with van der Waals surface area (Å²) in [7, 11) is 1.73. The Hall–Kier alpha value is -3.37. The van der Waals surface area contributed by atoms with Gasteiger partial charge in [0.2, 0.25) is 5.13 Å². The number of unbranched alkanes of at least 4 members (excludes halogenated alkanes) is 1. The SMILES string of the molecule is CCCCN(C(=O)c1ccccc1F)c1nnc(-c2cc(C)c(OCCN(C)CC(=O)O)c(C)c2)s1. The monoisotopic (exact) mass is 514 g/mol. The van der Waals surface area contributed by atoms with Crippen molar-refractivity contribution in [2.75, 3.05) is 38.2 Å². The third-order valence-electron chi connectivity index (χ3n) is 5.56. The second-order valence-electron chi connectivity index (χ2n) is 8.60. The van der Waals surface area contributed by atoms with Gasteiger partial charge in [0, 0.05) is 18.7 Å². The van der Waals surface area contributed by atoms with E-state index in [9.17, 15) is 14.0 Å². The molecule has 0 aliphatic carbocycles. The molecule has 2 aromatic carbocycles. The first kappa shape index (κ1) is 27.2. The number of carboxylic acids is 1. The number of anilines is 1. The third kappa shape index (κ3) is 6.86. The number of likely N-dealkylation sites (N-methyl/N-ethyl adjacent to an activating group) is 1. The molecule has 36 heavy (non-hydrogen) atoms. The van der Waals surface area contributed by atoms with Gasteiger partial charge in [0.15, 0.2) is 0 Å². The number of hydrogen-bond acceptors (Lipinski definition) is 7. The van der Waals surface area contributed by atoms with E-state index in [1.165, 1.54) is 28.4 Å². The van der Waals surface area contributed by atoms with Crippen LogP contribution in [0, 0.1) is 19.7 Å². The fraction of sp³-hybridized carbons (Fsp3) is 0.385. The van der Waals surface area contributed by atoms with Crippen molar-refractivity contribution in [3.05, 3.63) is 58.9 Å². The van der Waals surface area contributed by atoms with Gasteiger partial charge in [-0.15, -0.1) is 10.2 Å². The lowest BCUT2D eigenvalue weighted by Crippen LogP contribution is -2.32. The molecule has 0 atom stereocenters. The Morgan fingerprint density at radius 1 is 1.11 bits per heavy atom. The normalized spacial score (nSPS) is 11.1. The number of hydrogen-bond donors (Lipinski definition) is 1. The molecule has 0 aliphatic rings. The summed E-state index contributed by atoms with van der Waals surface area (Å²) < 4.78 is 20.2. The van der Waals surface area contributed by atoms with Crippen molar-refractivity contribution in [3.63, 3.8) is 0 Å². The van der Waals surface area contributed by atoms with Crippen molar-refractivity contribution < 1.29 is 23.8 Å². The minimum absolute atomic E-state index is 0.00698. The van der Waals surface area contributed by atoms with Crippen molar-refractivity contribution in [3.8, 4) is 16.3 Å². The summed E-state index contributed by atoms with van der Waals surface area (Å²) in [6.45, 7) is 7.10. The van der Waals surface area contributed by atoms with Crippen LogP contribution < -0.4 is 9.64 Å². The van der Waals surface area contributed by atoms with Gasteiger partial charge in [-0.3, -0.25) is 19.4 Å². The number of ether oxygens (including phenoxy) is 1. The molecule has 1 amide bonds. The molecule has 192 valence electrons. The summed E-state index contributed by atoms with van der Waals surface area (Å²) in [5, 5.41) is 18.5. The molecule has 1 N–H and O–H groups in total. The van der Waals surface area contributed by atoms with Crippen LogP contribution in [-0.2, 0) is 4.79 Å². The van der Waals surface area contributed by atoms with E-state index in [1.807, 2.05) is 32.9 Å². The number of carbonyl (C=O) groups excluding carboxylic acids is 1. The van der Waals surface area contributed by atoms with Gasteiger partial charge in [0.25, 0.3) is 5.91 Å². The zero-order chi connectivity index (χ0) is 26.2. The van der Waals surface area contributed by atoms with E-state index < -0.39 is 17.7 Å². The quantitative estimate of drug-likeness (QED) is 0.371. The number of aryl methyl sites for hydroxylation is 2. The number of carbonyl (C=O) groups is 2. The number of halogens is 1. The van der Waals surface area contributed by atoms with Crippen LogP contribution in [0.3, 0.4) is 0 Å². The maximum absolute atomic E-state index is 14.3. The summed E-state index contributed by atoms with van der Waals surface area (Å²) in [5.74, 6) is -1.14. The van der Waals surface area contributed by atoms with Crippen LogP contribution in [0.15, 0.2) is 36.4 Å². The molecular formula is C26H31FN4O4S. The second-order valence-corrected chi connectivity index (χ2v) is 9.56. The minimum Gasteiger partial charge on any atom is -0.492 e. The van der Waals surface area contributed by atoms with Crippen LogP contribution in [-0.4, -0.2) is 65.4 Å². The minimum atomic E-state index is -0.880. The zero-order valence-electron chi connectivity index (χ0n) is 21.0. The van der Waals surface area contributed by atoms with Gasteiger partial charge in [-0.1, -0.05) is 36.8 Å². The van der Waals surface area contributed by atoms with Crippen LogP contribution in [0.2, 0.25) is 0 Å². The Bertz CT molecular complexity index is 1190. The number of aliphatic carboxylic acids is 1. The molecule has 0 unspecified atom stereocenters. The Morgan fingerprint density at radius 2 is 1.81 bits per heavy atom. The summed E-state index contributed by atoms with van der Waals surface area (Å²) in [6.07, 6.45) is 1.62. The van der Waals surface area contributed by atoms with Crippen LogP contribution in [0.1, 0.15) is 41.3 Å². The summed E-state index contributed by atoms with van der Waals surface area (Å²) in [6, 6.07) is 9.84. The lowest BCUT2D eigenvalue weighted by molar-refractivity contribution is -0.138. The molecule has 1 heterocycles. The molecule has 0 radical (unpaired) electrons. The predicted molar refractivity (Wildman–Crippen MR) is 138 cm³/mol. The lowest BCUT2D eigenvalue weighted by Gasteiger charge is -2.19. The Kier molecular flexibility index (Phi) is 9.49. The number of benzene rings is 2. The summed E-state index contributed by atoms with van der Waals surface area (Å²) in [4.78, 5) is 27.1. The smallest absolute Gasteiger partial charge is 0.317 e. The molecule has 1 aromatic heterocycles. The number of nitrogens with zero attached hydrogens (tertiary/aromatic N) is 4. The Labute approximate surface area is 214 Å². The van der Waals surface area contributed by atoms with E-state index in [1.54, 1.807) is 24.1 Å². The standard InChI is InChI=1S/C26H31FN4O4S/c1-5-6-11-31(25(34)20-9-7-8-10-21(20)27)26-29-28-24(36-26)19-14-17(2)23(18(3)15-19)35-13-12-30(4)16-22(32)33/h7-10,14-15H,5-6,11-13,16H2,1-4H3,(H,32,33).